The van der Waals surface area contributed by atoms with Crippen molar-refractivity contribution in [2.75, 3.05) is 19.6 Å². The summed E-state index contributed by atoms with van der Waals surface area (Å²) in [5.41, 5.74) is 0. The average molecular weight is 172 g/mol. The molecule has 0 saturated heterocycles. The predicted octanol–water partition coefficient (Wildman–Crippen LogP) is 1.76. The third kappa shape index (κ3) is 8.02. The van der Waals surface area contributed by atoms with Crippen LogP contribution >= 0.6 is 0 Å². The molecule has 2 heteroatoms. The van der Waals surface area contributed by atoms with Gasteiger partial charge in [-0.3, -0.25) is 0 Å². The minimum Gasteiger partial charge on any atom is -0.315 e. The van der Waals surface area contributed by atoms with Gasteiger partial charge in [-0.15, -0.1) is 0 Å². The van der Waals surface area contributed by atoms with Crippen molar-refractivity contribution in [3.05, 3.63) is 0 Å². The summed E-state index contributed by atoms with van der Waals surface area (Å²) in [5, 5.41) is 6.82. The molecule has 2 N–H and O–H groups in total. The van der Waals surface area contributed by atoms with E-state index >= 15 is 0 Å². The molecule has 0 radical (unpaired) electrons. The zero-order chi connectivity index (χ0) is 9.23. The summed E-state index contributed by atoms with van der Waals surface area (Å²) in [4.78, 5) is 0. The fourth-order valence-electron chi connectivity index (χ4n) is 1.24. The third-order valence-corrected chi connectivity index (χ3v) is 1.96. The highest BCUT2D eigenvalue weighted by molar-refractivity contribution is 4.61. The first-order chi connectivity index (χ1) is 5.81. The van der Waals surface area contributed by atoms with Crippen molar-refractivity contribution in [3.8, 4) is 0 Å². The Morgan fingerprint density at radius 2 is 1.92 bits per heavy atom. The lowest BCUT2D eigenvalue weighted by Gasteiger charge is -2.12. The molecule has 0 aliphatic heterocycles. The van der Waals surface area contributed by atoms with Crippen molar-refractivity contribution >= 4 is 0 Å². The Balaban J connectivity index is 2.97. The van der Waals surface area contributed by atoms with E-state index in [0.717, 1.165) is 13.1 Å². The largest absolute Gasteiger partial charge is 0.315 e. The van der Waals surface area contributed by atoms with Crippen LogP contribution in [-0.2, 0) is 0 Å². The number of rotatable bonds is 8. The molecule has 0 aliphatic rings. The summed E-state index contributed by atoms with van der Waals surface area (Å²) < 4.78 is 0. The van der Waals surface area contributed by atoms with E-state index in [1.807, 2.05) is 0 Å². The first kappa shape index (κ1) is 11.9. The molecule has 2 nitrogen and oxygen atoms in total. The Hall–Kier alpha value is -0.0800. The lowest BCUT2D eigenvalue weighted by molar-refractivity contribution is 0.505. The SMILES string of the molecule is CCCCCNCC(C)NCC. The van der Waals surface area contributed by atoms with E-state index in [0.29, 0.717) is 6.04 Å². The lowest BCUT2D eigenvalue weighted by Crippen LogP contribution is -2.36. The number of likely N-dealkylation sites (N-methyl/N-ethyl adjacent to an activating group) is 1. The number of nitrogens with one attached hydrogen (secondary N) is 2. The van der Waals surface area contributed by atoms with Gasteiger partial charge in [-0.1, -0.05) is 26.7 Å². The first-order valence-corrected chi connectivity index (χ1v) is 5.25. The van der Waals surface area contributed by atoms with Crippen LogP contribution in [0, 0.1) is 0 Å². The number of unbranched alkanes of at least 4 members (excludes halogenated alkanes) is 2. The van der Waals surface area contributed by atoms with Crippen LogP contribution in [0.5, 0.6) is 0 Å². The van der Waals surface area contributed by atoms with E-state index in [9.17, 15) is 0 Å². The van der Waals surface area contributed by atoms with Crippen LogP contribution in [0.2, 0.25) is 0 Å². The van der Waals surface area contributed by atoms with Gasteiger partial charge in [-0.05, 0) is 26.4 Å². The molecule has 74 valence electrons. The molecule has 0 bridgehead atoms. The van der Waals surface area contributed by atoms with Crippen LogP contribution in [0.25, 0.3) is 0 Å². The summed E-state index contributed by atoms with van der Waals surface area (Å²) in [5.74, 6) is 0. The second-order valence-electron chi connectivity index (χ2n) is 3.37. The van der Waals surface area contributed by atoms with Gasteiger partial charge in [0.25, 0.3) is 0 Å². The normalized spacial score (nSPS) is 13.2. The quantitative estimate of drug-likeness (QED) is 0.545. The molecular formula is C10H24N2. The van der Waals surface area contributed by atoms with Crippen molar-refractivity contribution in [1.82, 2.24) is 10.6 Å². The van der Waals surface area contributed by atoms with Crippen molar-refractivity contribution in [2.24, 2.45) is 0 Å². The molecule has 0 fully saturated rings. The highest BCUT2D eigenvalue weighted by Gasteiger charge is 1.96. The Labute approximate surface area is 77.1 Å². The summed E-state index contributed by atoms with van der Waals surface area (Å²) in [6, 6.07) is 0.608. The molecule has 12 heavy (non-hydrogen) atoms. The summed E-state index contributed by atoms with van der Waals surface area (Å²) in [6.45, 7) is 9.93. The Morgan fingerprint density at radius 3 is 2.50 bits per heavy atom. The van der Waals surface area contributed by atoms with Crippen molar-refractivity contribution < 1.29 is 0 Å². The molecule has 0 spiro atoms. The van der Waals surface area contributed by atoms with Crippen LogP contribution in [0.15, 0.2) is 0 Å². The standard InChI is InChI=1S/C10H24N2/c1-4-6-7-8-11-9-10(3)12-5-2/h10-12H,4-9H2,1-3H3. The van der Waals surface area contributed by atoms with Crippen molar-refractivity contribution in [2.45, 2.75) is 46.1 Å². The van der Waals surface area contributed by atoms with Gasteiger partial charge >= 0.3 is 0 Å². The van der Waals surface area contributed by atoms with Gasteiger partial charge in [0.2, 0.25) is 0 Å². The molecular weight excluding hydrogens is 148 g/mol. The molecule has 0 heterocycles. The van der Waals surface area contributed by atoms with Gasteiger partial charge in [0.15, 0.2) is 0 Å². The minimum atomic E-state index is 0.608. The number of hydrogen-bond donors (Lipinski definition) is 2. The third-order valence-electron chi connectivity index (χ3n) is 1.96. The summed E-state index contributed by atoms with van der Waals surface area (Å²) in [6.07, 6.45) is 3.97. The van der Waals surface area contributed by atoms with Gasteiger partial charge in [-0.2, -0.15) is 0 Å². The number of hydrogen-bond acceptors (Lipinski definition) is 2. The van der Waals surface area contributed by atoms with Crippen LogP contribution in [0.3, 0.4) is 0 Å². The predicted molar refractivity (Wildman–Crippen MR) is 55.5 cm³/mol. The van der Waals surface area contributed by atoms with E-state index < -0.39 is 0 Å². The fourth-order valence-corrected chi connectivity index (χ4v) is 1.24. The maximum Gasteiger partial charge on any atom is 0.0164 e. The second kappa shape index (κ2) is 9.01. The summed E-state index contributed by atoms with van der Waals surface area (Å²) >= 11 is 0. The topological polar surface area (TPSA) is 24.1 Å². The van der Waals surface area contributed by atoms with Gasteiger partial charge < -0.3 is 10.6 Å². The minimum absolute atomic E-state index is 0.608. The molecule has 0 aromatic heterocycles. The highest BCUT2D eigenvalue weighted by atomic mass is 15.0. The van der Waals surface area contributed by atoms with Crippen LogP contribution < -0.4 is 10.6 Å². The Morgan fingerprint density at radius 1 is 1.17 bits per heavy atom. The zero-order valence-corrected chi connectivity index (χ0v) is 8.82. The van der Waals surface area contributed by atoms with E-state index in [4.69, 9.17) is 0 Å². The Kier molecular flexibility index (Phi) is 8.95. The van der Waals surface area contributed by atoms with E-state index in [1.54, 1.807) is 0 Å². The molecule has 1 unspecified atom stereocenters. The first-order valence-electron chi connectivity index (χ1n) is 5.25. The van der Waals surface area contributed by atoms with Crippen LogP contribution in [0.4, 0.5) is 0 Å². The van der Waals surface area contributed by atoms with Gasteiger partial charge in [0.05, 0.1) is 0 Å². The van der Waals surface area contributed by atoms with Crippen LogP contribution in [-0.4, -0.2) is 25.7 Å². The van der Waals surface area contributed by atoms with Crippen LogP contribution in [0.1, 0.15) is 40.0 Å². The Bertz CT molecular complexity index is 83.9. The zero-order valence-electron chi connectivity index (χ0n) is 8.82. The second-order valence-corrected chi connectivity index (χ2v) is 3.37. The van der Waals surface area contributed by atoms with Crippen molar-refractivity contribution in [1.29, 1.82) is 0 Å². The maximum atomic E-state index is 3.44. The fraction of sp³-hybridized carbons (Fsp3) is 1.00. The summed E-state index contributed by atoms with van der Waals surface area (Å²) in [7, 11) is 0. The van der Waals surface area contributed by atoms with Gasteiger partial charge in [-0.25, -0.2) is 0 Å². The monoisotopic (exact) mass is 172 g/mol. The molecule has 0 saturated carbocycles. The maximum absolute atomic E-state index is 3.44. The average Bonchev–Trinajstić information content (AvgIpc) is 2.05. The lowest BCUT2D eigenvalue weighted by atomic mass is 10.2. The van der Waals surface area contributed by atoms with E-state index in [-0.39, 0.29) is 0 Å². The van der Waals surface area contributed by atoms with Crippen molar-refractivity contribution in [3.63, 3.8) is 0 Å². The smallest absolute Gasteiger partial charge is 0.0164 e. The molecule has 0 rings (SSSR count). The molecule has 0 aliphatic carbocycles. The molecule has 0 amide bonds. The molecule has 0 aromatic carbocycles. The molecule has 0 aromatic rings. The van der Waals surface area contributed by atoms with Gasteiger partial charge in [0.1, 0.15) is 0 Å². The molecule has 1 atom stereocenters. The van der Waals surface area contributed by atoms with Gasteiger partial charge in [0, 0.05) is 12.6 Å². The van der Waals surface area contributed by atoms with E-state index in [2.05, 4.69) is 31.4 Å². The highest BCUT2D eigenvalue weighted by Crippen LogP contribution is 1.90. The van der Waals surface area contributed by atoms with E-state index in [1.165, 1.54) is 25.8 Å².